The molecule has 1 unspecified atom stereocenters. The molecular formula is C26H25BFN9O. The lowest BCUT2D eigenvalue weighted by molar-refractivity contribution is -0.108. The van der Waals surface area contributed by atoms with Crippen LogP contribution in [-0.4, -0.2) is 62.6 Å². The maximum atomic E-state index is 14.7. The standard InChI is InChI=1S/C26H25BFN9O/c1-16-4-5-17(20(28)12-16)13-18(8-11-38)25-34-33-23-14-19(15-24(35(2)3)36(23)25)21-6-9-29-26(31-21)32-22-7-10-30-37(22)27/h4-7,9-12,14-15,18H,8,13H2,1-3H3,(H,29,31,32). The number of aromatic nitrogens is 7. The summed E-state index contributed by atoms with van der Waals surface area (Å²) in [4.78, 5) is 22.4. The highest BCUT2D eigenvalue weighted by molar-refractivity contribution is 6.07. The van der Waals surface area contributed by atoms with Crippen LogP contribution in [0, 0.1) is 12.7 Å². The lowest BCUT2D eigenvalue weighted by atomic mass is 9.95. The predicted molar refractivity (Wildman–Crippen MR) is 143 cm³/mol. The zero-order chi connectivity index (χ0) is 26.8. The third kappa shape index (κ3) is 4.97. The van der Waals surface area contributed by atoms with Crippen molar-refractivity contribution in [3.05, 3.63) is 77.6 Å². The number of fused-ring (bicyclic) bond motifs is 1. The first kappa shape index (κ1) is 25.1. The molecule has 4 heterocycles. The van der Waals surface area contributed by atoms with Gasteiger partial charge in [-0.25, -0.2) is 14.4 Å². The molecule has 1 aromatic carbocycles. The molecular weight excluding hydrogens is 484 g/mol. The molecule has 1 atom stereocenters. The molecule has 5 aromatic rings. The van der Waals surface area contributed by atoms with Gasteiger partial charge in [-0.1, -0.05) is 12.1 Å². The molecule has 12 heteroatoms. The van der Waals surface area contributed by atoms with Crippen molar-refractivity contribution in [2.75, 3.05) is 24.3 Å². The zero-order valence-corrected chi connectivity index (χ0v) is 21.2. The van der Waals surface area contributed by atoms with Gasteiger partial charge in [0.1, 0.15) is 29.6 Å². The largest absolute Gasteiger partial charge is 0.364 e. The van der Waals surface area contributed by atoms with Gasteiger partial charge in [-0.05, 0) is 54.8 Å². The van der Waals surface area contributed by atoms with E-state index in [0.717, 1.165) is 23.2 Å². The van der Waals surface area contributed by atoms with Gasteiger partial charge < -0.3 is 19.6 Å². The van der Waals surface area contributed by atoms with Crippen molar-refractivity contribution in [1.29, 1.82) is 0 Å². The number of halogens is 1. The van der Waals surface area contributed by atoms with E-state index in [1.54, 1.807) is 30.6 Å². The van der Waals surface area contributed by atoms with Crippen molar-refractivity contribution in [2.45, 2.75) is 25.7 Å². The molecule has 0 saturated carbocycles. The van der Waals surface area contributed by atoms with Crippen LogP contribution in [-0.2, 0) is 11.2 Å². The summed E-state index contributed by atoms with van der Waals surface area (Å²) >= 11 is 0. The summed E-state index contributed by atoms with van der Waals surface area (Å²) in [5.74, 6) is 1.61. The second-order valence-corrected chi connectivity index (χ2v) is 9.20. The van der Waals surface area contributed by atoms with E-state index in [1.807, 2.05) is 48.5 Å². The van der Waals surface area contributed by atoms with E-state index in [1.165, 1.54) is 10.7 Å². The van der Waals surface area contributed by atoms with Crippen molar-refractivity contribution in [3.63, 3.8) is 0 Å². The van der Waals surface area contributed by atoms with E-state index >= 15 is 0 Å². The average molecular weight is 509 g/mol. The second-order valence-electron chi connectivity index (χ2n) is 9.20. The first-order valence-corrected chi connectivity index (χ1v) is 12.0. The molecule has 0 bridgehead atoms. The fourth-order valence-corrected chi connectivity index (χ4v) is 4.35. The zero-order valence-electron chi connectivity index (χ0n) is 21.2. The van der Waals surface area contributed by atoms with Gasteiger partial charge in [0, 0.05) is 44.4 Å². The van der Waals surface area contributed by atoms with E-state index in [2.05, 4.69) is 30.6 Å². The third-order valence-electron chi connectivity index (χ3n) is 6.25. The van der Waals surface area contributed by atoms with E-state index in [-0.39, 0.29) is 18.2 Å². The predicted octanol–water partition coefficient (Wildman–Crippen LogP) is 3.49. The maximum Gasteiger partial charge on any atom is 0.267 e. The molecule has 0 saturated heterocycles. The quantitative estimate of drug-likeness (QED) is 0.238. The Balaban J connectivity index is 1.55. The topological polar surface area (TPSA) is 106 Å². The van der Waals surface area contributed by atoms with Crippen LogP contribution in [0.2, 0.25) is 0 Å². The molecule has 0 aliphatic carbocycles. The lowest BCUT2D eigenvalue weighted by Gasteiger charge is -2.20. The molecule has 10 nitrogen and oxygen atoms in total. The maximum absolute atomic E-state index is 14.7. The first-order valence-electron chi connectivity index (χ1n) is 12.0. The number of hydrogen-bond acceptors (Lipinski definition) is 8. The van der Waals surface area contributed by atoms with Gasteiger partial charge in [0.25, 0.3) is 7.98 Å². The molecule has 0 fully saturated rings. The number of anilines is 3. The highest BCUT2D eigenvalue weighted by Crippen LogP contribution is 2.31. The number of benzene rings is 1. The molecule has 1 N–H and O–H groups in total. The van der Waals surface area contributed by atoms with Gasteiger partial charge in [0.15, 0.2) is 5.65 Å². The molecule has 5 rings (SSSR count). The summed E-state index contributed by atoms with van der Waals surface area (Å²) in [5, 5.41) is 15.8. The number of rotatable bonds is 9. The van der Waals surface area contributed by atoms with Crippen LogP contribution in [0.3, 0.4) is 0 Å². The Bertz CT molecular complexity index is 1610. The number of hydrogen-bond donors (Lipinski definition) is 1. The van der Waals surface area contributed by atoms with Gasteiger partial charge in [-0.2, -0.15) is 5.10 Å². The highest BCUT2D eigenvalue weighted by Gasteiger charge is 2.23. The van der Waals surface area contributed by atoms with Gasteiger partial charge in [-0.15, -0.1) is 10.2 Å². The molecule has 4 aromatic heterocycles. The van der Waals surface area contributed by atoms with Crippen LogP contribution < -0.4 is 10.2 Å². The molecule has 0 amide bonds. The Labute approximate surface area is 220 Å². The summed E-state index contributed by atoms with van der Waals surface area (Å²) in [6.45, 7) is 1.84. The fraction of sp³-hybridized carbons (Fsp3) is 0.231. The molecule has 0 spiro atoms. The number of aryl methyl sites for hydroxylation is 1. The van der Waals surface area contributed by atoms with Crippen molar-refractivity contribution in [1.82, 2.24) is 34.3 Å². The Kier molecular flexibility index (Phi) is 6.86. The van der Waals surface area contributed by atoms with Crippen LogP contribution in [0.15, 0.2) is 54.9 Å². The minimum absolute atomic E-state index is 0.182. The van der Waals surface area contributed by atoms with Crippen molar-refractivity contribution < 1.29 is 9.18 Å². The molecule has 2 radical (unpaired) electrons. The van der Waals surface area contributed by atoms with E-state index in [4.69, 9.17) is 7.98 Å². The first-order chi connectivity index (χ1) is 18.3. The highest BCUT2D eigenvalue weighted by atomic mass is 19.1. The number of nitrogens with zero attached hydrogens (tertiary/aromatic N) is 8. The number of pyridine rings is 1. The molecule has 190 valence electrons. The summed E-state index contributed by atoms with van der Waals surface area (Å²) in [7, 11) is 9.60. The van der Waals surface area contributed by atoms with Crippen LogP contribution >= 0.6 is 0 Å². The van der Waals surface area contributed by atoms with Gasteiger partial charge in [0.2, 0.25) is 5.95 Å². The molecule has 38 heavy (non-hydrogen) atoms. The third-order valence-corrected chi connectivity index (χ3v) is 6.25. The number of aldehydes is 1. The van der Waals surface area contributed by atoms with Crippen LogP contribution in [0.5, 0.6) is 0 Å². The van der Waals surface area contributed by atoms with Crippen molar-refractivity contribution in [3.8, 4) is 11.3 Å². The number of nitrogens with one attached hydrogen (secondary N) is 1. The van der Waals surface area contributed by atoms with Crippen molar-refractivity contribution in [2.24, 2.45) is 0 Å². The summed E-state index contributed by atoms with van der Waals surface area (Å²) in [6, 6.07) is 12.5. The Morgan fingerprint density at radius 1 is 1.13 bits per heavy atom. The van der Waals surface area contributed by atoms with E-state index in [9.17, 15) is 9.18 Å². The van der Waals surface area contributed by atoms with Crippen LogP contribution in [0.4, 0.5) is 22.0 Å². The van der Waals surface area contributed by atoms with Gasteiger partial charge in [-0.3, -0.25) is 4.40 Å². The molecule has 0 aliphatic rings. The van der Waals surface area contributed by atoms with E-state index in [0.29, 0.717) is 40.9 Å². The van der Waals surface area contributed by atoms with Gasteiger partial charge >= 0.3 is 0 Å². The normalized spacial score (nSPS) is 12.0. The molecule has 0 aliphatic heterocycles. The fourth-order valence-electron chi connectivity index (χ4n) is 4.35. The SMILES string of the molecule is [B]n1nccc1Nc1nccc(-c2cc(N(C)C)n3c(C(CC=O)Cc4ccc(C)cc4F)nnc3c2)n1. The van der Waals surface area contributed by atoms with Crippen LogP contribution in [0.1, 0.15) is 29.3 Å². The number of carbonyl (C=O) groups excluding carboxylic acids is 1. The lowest BCUT2D eigenvalue weighted by Crippen LogP contribution is -2.17. The number of carbonyl (C=O) groups is 1. The van der Waals surface area contributed by atoms with Crippen LogP contribution in [0.25, 0.3) is 16.9 Å². The van der Waals surface area contributed by atoms with Gasteiger partial charge in [0.05, 0.1) is 5.69 Å². The Hall–Kier alpha value is -4.61. The summed E-state index contributed by atoms with van der Waals surface area (Å²) in [5.41, 5.74) is 3.40. The van der Waals surface area contributed by atoms with E-state index < -0.39 is 0 Å². The Morgan fingerprint density at radius 2 is 1.97 bits per heavy atom. The monoisotopic (exact) mass is 509 g/mol. The van der Waals surface area contributed by atoms with Crippen molar-refractivity contribution >= 4 is 37.5 Å². The second kappa shape index (κ2) is 10.4. The average Bonchev–Trinajstić information content (AvgIpc) is 3.50. The minimum Gasteiger partial charge on any atom is -0.364 e. The smallest absolute Gasteiger partial charge is 0.267 e. The minimum atomic E-state index is -0.361. The summed E-state index contributed by atoms with van der Waals surface area (Å²) < 4.78 is 17.8. The Morgan fingerprint density at radius 3 is 2.68 bits per heavy atom. The summed E-state index contributed by atoms with van der Waals surface area (Å²) in [6.07, 6.45) is 4.55.